The molecule has 0 unspecified atom stereocenters. The summed E-state index contributed by atoms with van der Waals surface area (Å²) in [4.78, 5) is 29.0. The number of nitrogens with one attached hydrogen (secondary N) is 1. The zero-order valence-electron chi connectivity index (χ0n) is 15.6. The highest BCUT2D eigenvalue weighted by Gasteiger charge is 2.15. The number of hydrogen-bond acceptors (Lipinski definition) is 4. The summed E-state index contributed by atoms with van der Waals surface area (Å²) in [5.74, 6) is -0.0269. The number of nitrogens with zero attached hydrogens (tertiary/aromatic N) is 4. The molecule has 0 aliphatic heterocycles. The predicted molar refractivity (Wildman–Crippen MR) is 108 cm³/mol. The van der Waals surface area contributed by atoms with Crippen LogP contribution in [-0.2, 0) is 24.9 Å². The average Bonchev–Trinajstić information content (AvgIpc) is 3.04. The van der Waals surface area contributed by atoms with Gasteiger partial charge in [-0.2, -0.15) is 5.10 Å². The summed E-state index contributed by atoms with van der Waals surface area (Å²) in [6.07, 6.45) is 4.45. The molecule has 0 atom stereocenters. The van der Waals surface area contributed by atoms with Crippen LogP contribution in [0, 0.1) is 0 Å². The fourth-order valence-electron chi connectivity index (χ4n) is 3.45. The lowest BCUT2D eigenvalue weighted by Gasteiger charge is -2.08. The SMILES string of the molecule is Cn1ncc2c3ccccc3n(CCCC(=O)NCc3ccccn3)c2c1=O. The Bertz CT molecular complexity index is 1190. The molecule has 0 spiro atoms. The number of pyridine rings is 1. The van der Waals surface area contributed by atoms with Crippen molar-refractivity contribution in [3.05, 3.63) is 70.9 Å². The van der Waals surface area contributed by atoms with Gasteiger partial charge in [-0.1, -0.05) is 24.3 Å². The van der Waals surface area contributed by atoms with Gasteiger partial charge >= 0.3 is 0 Å². The van der Waals surface area contributed by atoms with Gasteiger partial charge in [0.15, 0.2) is 0 Å². The minimum atomic E-state index is -0.131. The third-order valence-electron chi connectivity index (χ3n) is 4.84. The summed E-state index contributed by atoms with van der Waals surface area (Å²) in [5, 5.41) is 8.89. The Hall–Kier alpha value is -3.48. The molecule has 1 amide bonds. The van der Waals surface area contributed by atoms with Gasteiger partial charge in [0.2, 0.25) is 5.91 Å². The van der Waals surface area contributed by atoms with E-state index in [9.17, 15) is 9.59 Å². The second-order valence-corrected chi connectivity index (χ2v) is 6.71. The molecule has 0 aliphatic carbocycles. The van der Waals surface area contributed by atoms with Gasteiger partial charge in [-0.3, -0.25) is 14.6 Å². The van der Waals surface area contributed by atoms with Crippen LogP contribution in [0.1, 0.15) is 18.5 Å². The smallest absolute Gasteiger partial charge is 0.291 e. The Kier molecular flexibility index (Phi) is 4.89. The zero-order chi connectivity index (χ0) is 19.5. The number of benzene rings is 1. The van der Waals surface area contributed by atoms with Crippen molar-refractivity contribution in [3.63, 3.8) is 0 Å². The summed E-state index contributed by atoms with van der Waals surface area (Å²) in [6.45, 7) is 1.00. The number of rotatable bonds is 6. The summed E-state index contributed by atoms with van der Waals surface area (Å²) in [7, 11) is 1.65. The van der Waals surface area contributed by atoms with Gasteiger partial charge < -0.3 is 9.88 Å². The van der Waals surface area contributed by atoms with Crippen molar-refractivity contribution in [3.8, 4) is 0 Å². The molecule has 142 valence electrons. The molecule has 7 nitrogen and oxygen atoms in total. The fourth-order valence-corrected chi connectivity index (χ4v) is 3.45. The number of aromatic nitrogens is 4. The maximum atomic E-state index is 12.7. The van der Waals surface area contributed by atoms with Gasteiger partial charge in [0.25, 0.3) is 5.56 Å². The van der Waals surface area contributed by atoms with Crippen LogP contribution in [0.15, 0.2) is 59.7 Å². The zero-order valence-corrected chi connectivity index (χ0v) is 15.6. The molecular weight excluding hydrogens is 354 g/mol. The average molecular weight is 375 g/mol. The first-order valence-electron chi connectivity index (χ1n) is 9.25. The second kappa shape index (κ2) is 7.64. The highest BCUT2D eigenvalue weighted by molar-refractivity contribution is 6.07. The van der Waals surface area contributed by atoms with E-state index in [0.717, 1.165) is 22.0 Å². The summed E-state index contributed by atoms with van der Waals surface area (Å²) in [6, 6.07) is 13.5. The largest absolute Gasteiger partial charge is 0.350 e. The minimum absolute atomic E-state index is 0.0269. The molecule has 7 heteroatoms. The van der Waals surface area contributed by atoms with Gasteiger partial charge in [-0.25, -0.2) is 4.68 Å². The molecule has 4 rings (SSSR count). The van der Waals surface area contributed by atoms with E-state index in [1.54, 1.807) is 19.4 Å². The number of aryl methyl sites for hydroxylation is 2. The molecule has 3 heterocycles. The van der Waals surface area contributed by atoms with Crippen molar-refractivity contribution in [2.75, 3.05) is 0 Å². The molecule has 0 saturated heterocycles. The van der Waals surface area contributed by atoms with E-state index in [-0.39, 0.29) is 11.5 Å². The van der Waals surface area contributed by atoms with Crippen LogP contribution in [0.4, 0.5) is 0 Å². The lowest BCUT2D eigenvalue weighted by Crippen LogP contribution is -2.24. The van der Waals surface area contributed by atoms with Crippen LogP contribution in [0.5, 0.6) is 0 Å². The molecule has 0 saturated carbocycles. The van der Waals surface area contributed by atoms with E-state index >= 15 is 0 Å². The van der Waals surface area contributed by atoms with Crippen molar-refractivity contribution in [2.45, 2.75) is 25.9 Å². The summed E-state index contributed by atoms with van der Waals surface area (Å²) in [5.41, 5.74) is 2.31. The first-order valence-corrected chi connectivity index (χ1v) is 9.25. The van der Waals surface area contributed by atoms with Crippen LogP contribution in [0.2, 0.25) is 0 Å². The molecule has 0 bridgehead atoms. The first kappa shape index (κ1) is 17.9. The van der Waals surface area contributed by atoms with Gasteiger partial charge in [-0.05, 0) is 24.6 Å². The summed E-state index contributed by atoms with van der Waals surface area (Å²) < 4.78 is 3.35. The first-order chi connectivity index (χ1) is 13.6. The van der Waals surface area contributed by atoms with Crippen LogP contribution < -0.4 is 10.9 Å². The number of para-hydroxylation sites is 1. The van der Waals surface area contributed by atoms with Crippen LogP contribution in [-0.4, -0.2) is 25.2 Å². The Labute approximate surface area is 161 Å². The molecule has 4 aromatic rings. The van der Waals surface area contributed by atoms with Gasteiger partial charge in [-0.15, -0.1) is 0 Å². The Morgan fingerprint density at radius 3 is 2.75 bits per heavy atom. The second-order valence-electron chi connectivity index (χ2n) is 6.71. The molecule has 1 aromatic carbocycles. The maximum Gasteiger partial charge on any atom is 0.291 e. The van der Waals surface area contributed by atoms with Crippen molar-refractivity contribution in [1.82, 2.24) is 24.6 Å². The van der Waals surface area contributed by atoms with Crippen molar-refractivity contribution in [1.29, 1.82) is 0 Å². The maximum absolute atomic E-state index is 12.7. The quantitative estimate of drug-likeness (QED) is 0.561. The summed E-state index contributed by atoms with van der Waals surface area (Å²) >= 11 is 0. The number of hydrogen-bond donors (Lipinski definition) is 1. The number of carbonyl (C=O) groups is 1. The standard InChI is InChI=1S/C21H21N5O2/c1-25-21(28)20-17(14-24-25)16-8-2-3-9-18(16)26(20)12-6-10-19(27)23-13-15-7-4-5-11-22-15/h2-5,7-9,11,14H,6,10,12-13H2,1H3,(H,23,27). The van der Waals surface area contributed by atoms with Crippen LogP contribution >= 0.6 is 0 Å². The Morgan fingerprint density at radius 1 is 1.11 bits per heavy atom. The number of carbonyl (C=O) groups excluding carboxylic acids is 1. The van der Waals surface area contributed by atoms with E-state index in [1.165, 1.54) is 4.68 Å². The lowest BCUT2D eigenvalue weighted by atomic mass is 10.2. The van der Waals surface area contributed by atoms with Crippen LogP contribution in [0.25, 0.3) is 21.8 Å². The topological polar surface area (TPSA) is 81.8 Å². The highest BCUT2D eigenvalue weighted by atomic mass is 16.1. The molecular formula is C21H21N5O2. The Morgan fingerprint density at radius 2 is 1.93 bits per heavy atom. The number of amides is 1. The van der Waals surface area contributed by atoms with Gasteiger partial charge in [0.05, 0.1) is 18.4 Å². The van der Waals surface area contributed by atoms with E-state index in [0.29, 0.717) is 31.4 Å². The van der Waals surface area contributed by atoms with Crippen LogP contribution in [0.3, 0.4) is 0 Å². The third-order valence-corrected chi connectivity index (χ3v) is 4.84. The van der Waals surface area contributed by atoms with Gasteiger partial charge in [0, 0.05) is 42.5 Å². The molecule has 0 radical (unpaired) electrons. The Balaban J connectivity index is 1.50. The highest BCUT2D eigenvalue weighted by Crippen LogP contribution is 2.26. The van der Waals surface area contributed by atoms with E-state index in [2.05, 4.69) is 15.4 Å². The molecule has 3 aromatic heterocycles. The predicted octanol–water partition coefficient (Wildman–Crippen LogP) is 2.38. The van der Waals surface area contributed by atoms with Gasteiger partial charge in [0.1, 0.15) is 5.52 Å². The molecule has 1 N–H and O–H groups in total. The normalized spacial score (nSPS) is 11.2. The van der Waals surface area contributed by atoms with Crippen molar-refractivity contribution >= 4 is 27.7 Å². The fraction of sp³-hybridized carbons (Fsp3) is 0.238. The minimum Gasteiger partial charge on any atom is -0.350 e. The van der Waals surface area contributed by atoms with E-state index in [1.807, 2.05) is 47.0 Å². The molecule has 28 heavy (non-hydrogen) atoms. The molecule has 0 fully saturated rings. The third kappa shape index (κ3) is 3.38. The van der Waals surface area contributed by atoms with Crippen molar-refractivity contribution < 1.29 is 4.79 Å². The lowest BCUT2D eigenvalue weighted by molar-refractivity contribution is -0.121. The number of fused-ring (bicyclic) bond motifs is 3. The van der Waals surface area contributed by atoms with Crippen molar-refractivity contribution in [2.24, 2.45) is 7.05 Å². The molecule has 0 aliphatic rings. The van der Waals surface area contributed by atoms with E-state index in [4.69, 9.17) is 0 Å². The van der Waals surface area contributed by atoms with E-state index < -0.39 is 0 Å². The monoisotopic (exact) mass is 375 g/mol.